The molecular weight excluding hydrogens is 426 g/mol. The van der Waals surface area contributed by atoms with Gasteiger partial charge in [-0.05, 0) is 42.5 Å². The molecule has 0 unspecified atom stereocenters. The lowest BCUT2D eigenvalue weighted by atomic mass is 10.1. The molecule has 0 aliphatic rings. The minimum atomic E-state index is -3.78. The van der Waals surface area contributed by atoms with Gasteiger partial charge in [-0.2, -0.15) is 0 Å². The number of hydrogen-bond donors (Lipinski definition) is 2. The van der Waals surface area contributed by atoms with Crippen LogP contribution in [-0.2, 0) is 10.0 Å². The highest BCUT2D eigenvalue weighted by Gasteiger charge is 2.22. The molecule has 2 amide bonds. The molecule has 3 rings (SSSR count). The fraction of sp³-hybridized carbons (Fsp3) is 0.0833. The summed E-state index contributed by atoms with van der Waals surface area (Å²) >= 11 is 0. The molecule has 0 aliphatic heterocycles. The average molecular weight is 450 g/mol. The van der Waals surface area contributed by atoms with Gasteiger partial charge in [-0.25, -0.2) is 8.42 Å². The van der Waals surface area contributed by atoms with Crippen molar-refractivity contribution < 1.29 is 18.0 Å². The van der Waals surface area contributed by atoms with Crippen LogP contribution in [0, 0.1) is 0 Å². The van der Waals surface area contributed by atoms with E-state index in [-0.39, 0.29) is 16.4 Å². The zero-order valence-corrected chi connectivity index (χ0v) is 18.3. The molecule has 7 nitrogen and oxygen atoms in total. The molecule has 0 saturated carbocycles. The number of benzene rings is 3. The van der Waals surface area contributed by atoms with Crippen molar-refractivity contribution in [2.45, 2.75) is 4.90 Å². The number of carbonyl (C=O) groups excluding carboxylic acids is 2. The summed E-state index contributed by atoms with van der Waals surface area (Å²) in [5.41, 5.74) is 1.23. The summed E-state index contributed by atoms with van der Waals surface area (Å²) in [6.07, 6.45) is 1.56. The van der Waals surface area contributed by atoms with Crippen LogP contribution in [0.3, 0.4) is 0 Å². The number of carbonyl (C=O) groups is 2. The average Bonchev–Trinajstić information content (AvgIpc) is 2.83. The van der Waals surface area contributed by atoms with Crippen LogP contribution in [0.4, 0.5) is 11.4 Å². The van der Waals surface area contributed by atoms with Gasteiger partial charge in [0.15, 0.2) is 0 Å². The van der Waals surface area contributed by atoms with Crippen LogP contribution >= 0.6 is 0 Å². The lowest BCUT2D eigenvalue weighted by Crippen LogP contribution is -2.27. The van der Waals surface area contributed by atoms with Gasteiger partial charge in [-0.15, -0.1) is 6.58 Å². The Balaban J connectivity index is 1.84. The zero-order valence-electron chi connectivity index (χ0n) is 17.5. The highest BCUT2D eigenvalue weighted by atomic mass is 32.2. The van der Waals surface area contributed by atoms with Gasteiger partial charge in [0.05, 0.1) is 21.8 Å². The molecule has 0 spiro atoms. The maximum atomic E-state index is 12.9. The van der Waals surface area contributed by atoms with E-state index in [4.69, 9.17) is 0 Å². The molecular formula is C24H23N3O4S. The normalized spacial score (nSPS) is 10.8. The van der Waals surface area contributed by atoms with E-state index < -0.39 is 15.9 Å². The van der Waals surface area contributed by atoms with Crippen molar-refractivity contribution in [1.29, 1.82) is 0 Å². The fourth-order valence-corrected chi connectivity index (χ4v) is 4.19. The van der Waals surface area contributed by atoms with Crippen LogP contribution in [0.2, 0.25) is 0 Å². The molecule has 0 heterocycles. The molecule has 0 radical (unpaired) electrons. The molecule has 0 aliphatic carbocycles. The first kappa shape index (κ1) is 22.8. The first-order valence-corrected chi connectivity index (χ1v) is 11.2. The van der Waals surface area contributed by atoms with Gasteiger partial charge in [-0.1, -0.05) is 42.5 Å². The second kappa shape index (κ2) is 9.93. The van der Waals surface area contributed by atoms with E-state index in [1.54, 1.807) is 66.7 Å². The van der Waals surface area contributed by atoms with Gasteiger partial charge >= 0.3 is 0 Å². The third-order valence-corrected chi connectivity index (χ3v) is 6.50. The Bertz CT molecular complexity index is 1240. The van der Waals surface area contributed by atoms with Crippen LogP contribution < -0.4 is 14.9 Å². The van der Waals surface area contributed by atoms with Crippen molar-refractivity contribution in [3.63, 3.8) is 0 Å². The SMILES string of the molecule is C=CCNC(=O)c1ccccc1NC(=O)c1cccc(N(C)S(=O)(=O)c2ccccc2)c1. The van der Waals surface area contributed by atoms with E-state index in [9.17, 15) is 18.0 Å². The summed E-state index contributed by atoms with van der Waals surface area (Å²) in [6, 6.07) is 20.9. The molecule has 8 heteroatoms. The van der Waals surface area contributed by atoms with Crippen molar-refractivity contribution in [2.75, 3.05) is 23.2 Å². The molecule has 0 saturated heterocycles. The van der Waals surface area contributed by atoms with Crippen molar-refractivity contribution >= 4 is 33.2 Å². The Kier molecular flexibility index (Phi) is 7.07. The third kappa shape index (κ3) is 5.04. The summed E-state index contributed by atoms with van der Waals surface area (Å²) < 4.78 is 26.9. The van der Waals surface area contributed by atoms with Gasteiger partial charge in [0.2, 0.25) is 0 Å². The van der Waals surface area contributed by atoms with Crippen molar-refractivity contribution in [2.24, 2.45) is 0 Å². The lowest BCUT2D eigenvalue weighted by molar-refractivity contribution is 0.0959. The summed E-state index contributed by atoms with van der Waals surface area (Å²) in [5.74, 6) is -0.815. The van der Waals surface area contributed by atoms with Crippen LogP contribution in [0.1, 0.15) is 20.7 Å². The smallest absolute Gasteiger partial charge is 0.264 e. The number of para-hydroxylation sites is 1. The predicted octanol–water partition coefficient (Wildman–Crippen LogP) is 3.68. The molecule has 2 N–H and O–H groups in total. The Morgan fingerprint density at radius 3 is 2.34 bits per heavy atom. The van der Waals surface area contributed by atoms with Gasteiger partial charge in [0, 0.05) is 19.2 Å². The number of hydrogen-bond acceptors (Lipinski definition) is 4. The lowest BCUT2D eigenvalue weighted by Gasteiger charge is -2.20. The molecule has 32 heavy (non-hydrogen) atoms. The molecule has 0 bridgehead atoms. The predicted molar refractivity (Wildman–Crippen MR) is 125 cm³/mol. The minimum absolute atomic E-state index is 0.150. The minimum Gasteiger partial charge on any atom is -0.349 e. The first-order valence-electron chi connectivity index (χ1n) is 9.78. The summed E-state index contributed by atoms with van der Waals surface area (Å²) in [4.78, 5) is 25.4. The van der Waals surface area contributed by atoms with E-state index in [0.717, 1.165) is 4.31 Å². The topological polar surface area (TPSA) is 95.6 Å². The Morgan fingerprint density at radius 2 is 1.62 bits per heavy atom. The third-order valence-electron chi connectivity index (χ3n) is 4.70. The highest BCUT2D eigenvalue weighted by Crippen LogP contribution is 2.24. The number of rotatable bonds is 8. The van der Waals surface area contributed by atoms with Crippen LogP contribution in [-0.4, -0.2) is 33.8 Å². The standard InChI is InChI=1S/C24H23N3O4S/c1-3-16-25-24(29)21-14-7-8-15-22(21)26-23(28)18-10-9-11-19(17-18)27(2)32(30,31)20-12-5-4-6-13-20/h3-15,17H,1,16H2,2H3,(H,25,29)(H,26,28). The molecule has 0 atom stereocenters. The van der Waals surface area contributed by atoms with Crippen molar-refractivity contribution in [3.05, 3.63) is 103 Å². The molecule has 0 aromatic heterocycles. The van der Waals surface area contributed by atoms with Gasteiger partial charge in [0.1, 0.15) is 0 Å². The number of sulfonamides is 1. The van der Waals surface area contributed by atoms with E-state index >= 15 is 0 Å². The van der Waals surface area contributed by atoms with Crippen molar-refractivity contribution in [3.8, 4) is 0 Å². The number of nitrogens with one attached hydrogen (secondary N) is 2. The van der Waals surface area contributed by atoms with E-state index in [2.05, 4.69) is 17.2 Å². The second-order valence-corrected chi connectivity index (χ2v) is 8.80. The monoisotopic (exact) mass is 449 g/mol. The van der Waals surface area contributed by atoms with E-state index in [1.165, 1.54) is 25.2 Å². The molecule has 0 fully saturated rings. The second-order valence-electron chi connectivity index (χ2n) is 6.83. The van der Waals surface area contributed by atoms with Crippen LogP contribution in [0.5, 0.6) is 0 Å². The Hall–Kier alpha value is -3.91. The summed E-state index contributed by atoms with van der Waals surface area (Å²) in [6.45, 7) is 3.86. The van der Waals surface area contributed by atoms with Crippen molar-refractivity contribution in [1.82, 2.24) is 5.32 Å². The van der Waals surface area contributed by atoms with E-state index in [1.807, 2.05) is 0 Å². The molecule has 3 aromatic rings. The molecule has 164 valence electrons. The molecule has 3 aromatic carbocycles. The number of amides is 2. The van der Waals surface area contributed by atoms with Gasteiger partial charge < -0.3 is 10.6 Å². The Labute approximate surface area is 187 Å². The first-order chi connectivity index (χ1) is 15.3. The summed E-state index contributed by atoms with van der Waals surface area (Å²) in [7, 11) is -2.35. The highest BCUT2D eigenvalue weighted by molar-refractivity contribution is 7.92. The summed E-state index contributed by atoms with van der Waals surface area (Å²) in [5, 5.41) is 5.40. The van der Waals surface area contributed by atoms with Gasteiger partial charge in [-0.3, -0.25) is 13.9 Å². The quantitative estimate of drug-likeness (QED) is 0.513. The number of nitrogens with zero attached hydrogens (tertiary/aromatic N) is 1. The fourth-order valence-electron chi connectivity index (χ4n) is 2.98. The largest absolute Gasteiger partial charge is 0.349 e. The van der Waals surface area contributed by atoms with Crippen LogP contribution in [0.15, 0.2) is 96.4 Å². The van der Waals surface area contributed by atoms with Gasteiger partial charge in [0.25, 0.3) is 21.8 Å². The maximum absolute atomic E-state index is 12.9. The van der Waals surface area contributed by atoms with E-state index in [0.29, 0.717) is 23.5 Å². The zero-order chi connectivity index (χ0) is 23.1. The number of anilines is 2. The maximum Gasteiger partial charge on any atom is 0.264 e. The van der Waals surface area contributed by atoms with Crippen LogP contribution in [0.25, 0.3) is 0 Å². The Morgan fingerprint density at radius 1 is 0.938 bits per heavy atom.